The number of carbonyl (C=O) groups is 3. The van der Waals surface area contributed by atoms with Crippen molar-refractivity contribution in [2.24, 2.45) is 56.2 Å². The van der Waals surface area contributed by atoms with E-state index in [1.165, 1.54) is 5.57 Å². The maximum absolute atomic E-state index is 13.9. The number of carboxylic acid groups (broad SMARTS) is 1. The number of fused-ring (bicyclic) bond motifs is 7. The van der Waals surface area contributed by atoms with Crippen LogP contribution in [0.25, 0.3) is 0 Å². The highest BCUT2D eigenvalue weighted by Gasteiger charge is 2.70. The third kappa shape index (κ3) is 4.46. The van der Waals surface area contributed by atoms with Crippen molar-refractivity contribution in [2.75, 3.05) is 27.2 Å². The first-order valence-corrected chi connectivity index (χ1v) is 16.8. The van der Waals surface area contributed by atoms with Gasteiger partial charge in [0, 0.05) is 12.0 Å². The first-order valence-electron chi connectivity index (χ1n) is 16.8. The molecule has 4 saturated carbocycles. The largest absolute Gasteiger partial charge is 0.481 e. The molecule has 1 amide bonds. The Hall–Kier alpha value is -1.69. The number of Topliss-reactive ketones (excluding diaryl/α,β-unsaturated/α-hetero) is 1. The third-order valence-electron chi connectivity index (χ3n) is 14.2. The summed E-state index contributed by atoms with van der Waals surface area (Å²) in [6.07, 6.45) is 11.3. The minimum Gasteiger partial charge on any atom is -0.481 e. The van der Waals surface area contributed by atoms with Crippen molar-refractivity contribution in [1.82, 2.24) is 10.2 Å². The van der Waals surface area contributed by atoms with E-state index in [1.807, 2.05) is 14.1 Å². The van der Waals surface area contributed by atoms with Crippen molar-refractivity contribution in [3.63, 3.8) is 0 Å². The molecule has 8 atom stereocenters. The van der Waals surface area contributed by atoms with E-state index in [0.29, 0.717) is 18.9 Å². The number of nitrogens with zero attached hydrogens (tertiary/aromatic N) is 1. The molecular weight excluding hydrogens is 524 g/mol. The normalized spacial score (nSPS) is 43.8. The highest BCUT2D eigenvalue weighted by Crippen LogP contribution is 2.75. The smallest absolute Gasteiger partial charge is 0.310 e. The average Bonchev–Trinajstić information content (AvgIpc) is 2.88. The fourth-order valence-corrected chi connectivity index (χ4v) is 11.6. The summed E-state index contributed by atoms with van der Waals surface area (Å²) in [5.41, 5.74) is 0.155. The van der Waals surface area contributed by atoms with Gasteiger partial charge in [-0.15, -0.1) is 0 Å². The molecule has 8 unspecified atom stereocenters. The van der Waals surface area contributed by atoms with Gasteiger partial charge in [-0.3, -0.25) is 14.4 Å². The van der Waals surface area contributed by atoms with Crippen LogP contribution in [0.1, 0.15) is 113 Å². The molecule has 0 saturated heterocycles. The van der Waals surface area contributed by atoms with Gasteiger partial charge in [-0.05, 0) is 124 Å². The third-order valence-corrected chi connectivity index (χ3v) is 14.2. The van der Waals surface area contributed by atoms with Crippen molar-refractivity contribution in [1.29, 1.82) is 0 Å². The van der Waals surface area contributed by atoms with E-state index in [9.17, 15) is 19.5 Å². The molecule has 0 aliphatic heterocycles. The molecule has 0 bridgehead atoms. The molecule has 4 fully saturated rings. The summed E-state index contributed by atoms with van der Waals surface area (Å²) >= 11 is 0. The van der Waals surface area contributed by atoms with Crippen LogP contribution >= 0.6 is 0 Å². The van der Waals surface area contributed by atoms with Crippen LogP contribution in [0.15, 0.2) is 11.6 Å². The van der Waals surface area contributed by atoms with Gasteiger partial charge in [0.25, 0.3) is 0 Å². The summed E-state index contributed by atoms with van der Waals surface area (Å²) in [6.45, 7) is 17.7. The van der Waals surface area contributed by atoms with Gasteiger partial charge in [-0.2, -0.15) is 0 Å². The second-order valence-electron chi connectivity index (χ2n) is 17.5. The fraction of sp³-hybridized carbons (Fsp3) is 0.861. The summed E-state index contributed by atoms with van der Waals surface area (Å²) in [7, 11) is 4.06. The second kappa shape index (κ2) is 10.2. The Morgan fingerprint density at radius 1 is 0.952 bits per heavy atom. The number of ketones is 1. The van der Waals surface area contributed by atoms with E-state index in [4.69, 9.17) is 0 Å². The number of nitrogens with one attached hydrogen (secondary N) is 1. The Labute approximate surface area is 254 Å². The molecule has 0 spiro atoms. The lowest BCUT2D eigenvalue weighted by Crippen LogP contribution is -2.66. The summed E-state index contributed by atoms with van der Waals surface area (Å²) < 4.78 is 0. The van der Waals surface area contributed by atoms with Crippen LogP contribution in [-0.4, -0.2) is 54.9 Å². The minimum atomic E-state index is -0.639. The Bertz CT molecular complexity index is 1170. The number of aliphatic carboxylic acids is 1. The molecule has 5 aliphatic rings. The van der Waals surface area contributed by atoms with E-state index in [0.717, 1.165) is 64.3 Å². The Morgan fingerprint density at radius 3 is 2.26 bits per heavy atom. The van der Waals surface area contributed by atoms with Gasteiger partial charge in [-0.25, -0.2) is 0 Å². The van der Waals surface area contributed by atoms with Gasteiger partial charge in [0.2, 0.25) is 5.91 Å². The van der Waals surface area contributed by atoms with Crippen molar-refractivity contribution < 1.29 is 19.5 Å². The minimum absolute atomic E-state index is 0.00219. The molecule has 0 aromatic rings. The Morgan fingerprint density at radius 2 is 1.62 bits per heavy atom. The molecule has 5 aliphatic carbocycles. The topological polar surface area (TPSA) is 86.7 Å². The first-order chi connectivity index (χ1) is 19.4. The van der Waals surface area contributed by atoms with Gasteiger partial charge < -0.3 is 15.3 Å². The van der Waals surface area contributed by atoms with Crippen LogP contribution in [0, 0.1) is 56.2 Å². The molecule has 42 heavy (non-hydrogen) atoms. The van der Waals surface area contributed by atoms with Gasteiger partial charge in [-0.1, -0.05) is 60.1 Å². The predicted molar refractivity (Wildman–Crippen MR) is 167 cm³/mol. The number of hydrogen-bond donors (Lipinski definition) is 2. The number of rotatable bonds is 6. The molecule has 0 aromatic heterocycles. The van der Waals surface area contributed by atoms with E-state index in [2.05, 4.69) is 64.8 Å². The maximum atomic E-state index is 13.9. The second-order valence-corrected chi connectivity index (χ2v) is 17.5. The van der Waals surface area contributed by atoms with Crippen molar-refractivity contribution in [3.05, 3.63) is 11.6 Å². The van der Waals surface area contributed by atoms with E-state index in [1.54, 1.807) is 0 Å². The van der Waals surface area contributed by atoms with Crippen LogP contribution in [0.3, 0.4) is 0 Å². The number of carboxylic acids is 1. The van der Waals surface area contributed by atoms with Crippen LogP contribution in [-0.2, 0) is 14.4 Å². The molecular formula is C36H58N2O4. The molecule has 5 rings (SSSR count). The summed E-state index contributed by atoms with van der Waals surface area (Å²) in [5, 5.41) is 13.8. The zero-order chi connectivity index (χ0) is 31.1. The van der Waals surface area contributed by atoms with Gasteiger partial charge in [0.15, 0.2) is 5.78 Å². The first kappa shape index (κ1) is 31.7. The number of allylic oxidation sites excluding steroid dienone is 2. The van der Waals surface area contributed by atoms with Crippen molar-refractivity contribution in [2.45, 2.75) is 113 Å². The zero-order valence-electron chi connectivity index (χ0n) is 28.0. The van der Waals surface area contributed by atoms with Crippen LogP contribution in [0.2, 0.25) is 0 Å². The van der Waals surface area contributed by atoms with Crippen molar-refractivity contribution >= 4 is 17.7 Å². The Kier molecular flexibility index (Phi) is 7.68. The molecule has 0 aromatic carbocycles. The highest BCUT2D eigenvalue weighted by atomic mass is 16.4. The standard InChI is InChI=1S/C36H58N2O4/c1-31(2)15-17-36(30(41)42)18-16-34(6)24(25(36)22-31)11-12-27-33(5)21-23(29(40)37-19-10-20-38(8)9)28(39)32(3,4)26(33)13-14-35(27,34)7/h11,23,25-27H,10,12-22H2,1-9H3,(H,37,40)(H,41,42). The van der Waals surface area contributed by atoms with Gasteiger partial charge >= 0.3 is 5.97 Å². The highest BCUT2D eigenvalue weighted by molar-refractivity contribution is 6.04. The predicted octanol–water partition coefficient (Wildman–Crippen LogP) is 6.74. The number of hydrogen-bond acceptors (Lipinski definition) is 4. The molecule has 0 heterocycles. The maximum Gasteiger partial charge on any atom is 0.310 e. The summed E-state index contributed by atoms with van der Waals surface area (Å²) in [6, 6.07) is 0. The molecule has 6 heteroatoms. The quantitative estimate of drug-likeness (QED) is 0.206. The molecule has 236 valence electrons. The molecule has 2 N–H and O–H groups in total. The number of amides is 1. The lowest BCUT2D eigenvalue weighted by atomic mass is 9.33. The summed E-state index contributed by atoms with van der Waals surface area (Å²) in [5.74, 6) is -0.501. The van der Waals surface area contributed by atoms with Gasteiger partial charge in [0.05, 0.1) is 11.3 Å². The molecule has 6 nitrogen and oxygen atoms in total. The van der Waals surface area contributed by atoms with Crippen LogP contribution in [0.5, 0.6) is 0 Å². The lowest BCUT2D eigenvalue weighted by Gasteiger charge is -2.70. The molecule has 0 radical (unpaired) electrons. The monoisotopic (exact) mass is 582 g/mol. The van der Waals surface area contributed by atoms with Crippen LogP contribution in [0.4, 0.5) is 0 Å². The average molecular weight is 583 g/mol. The SMILES string of the molecule is CN(C)CCCNC(=O)C1CC2(C)C(CCC3(C)C2CC=C2C4CC(C)(C)CCC4(C(=O)O)CCC23C)C(C)(C)C1=O. The lowest BCUT2D eigenvalue weighted by molar-refractivity contribution is -0.195. The van der Waals surface area contributed by atoms with E-state index < -0.39 is 22.7 Å². The fourth-order valence-electron chi connectivity index (χ4n) is 11.6. The van der Waals surface area contributed by atoms with E-state index in [-0.39, 0.29) is 45.2 Å². The number of carbonyl (C=O) groups excluding carboxylic acids is 2. The van der Waals surface area contributed by atoms with Crippen LogP contribution < -0.4 is 5.32 Å². The Balaban J connectivity index is 1.50. The van der Waals surface area contributed by atoms with Crippen molar-refractivity contribution in [3.8, 4) is 0 Å². The van der Waals surface area contributed by atoms with Gasteiger partial charge in [0.1, 0.15) is 0 Å². The summed E-state index contributed by atoms with van der Waals surface area (Å²) in [4.78, 5) is 42.6. The zero-order valence-corrected chi connectivity index (χ0v) is 28.0. The van der Waals surface area contributed by atoms with E-state index >= 15 is 0 Å².